The van der Waals surface area contributed by atoms with Crippen molar-refractivity contribution >= 4 is 46.3 Å². The Hall–Kier alpha value is -3.88. The predicted octanol–water partition coefficient (Wildman–Crippen LogP) is 7.44. The highest BCUT2D eigenvalue weighted by molar-refractivity contribution is 7.80. The lowest BCUT2D eigenvalue weighted by atomic mass is 9.91. The Morgan fingerprint density at radius 3 is 2.57 bits per heavy atom. The standard InChI is InChI=1S/C33H33ClN4O3S/c1-20-15-21(2)19-37(18-20)27-11-10-24(17-25(27)34)38-31(30(36-33(38)42)26-9-4-5-14-35-26)29-13-12-28(41-29)22-7-6-8-23(16-22)32(39)40-3/h4-14,16-17,20-21,30-31H,15,18-19H2,1-3H3,(H,36,42)/t20-,21+,30-,31+/m1/s1. The molecule has 2 aliphatic heterocycles. The van der Waals surface area contributed by atoms with Crippen molar-refractivity contribution in [1.29, 1.82) is 0 Å². The van der Waals surface area contributed by atoms with Gasteiger partial charge in [0.2, 0.25) is 0 Å². The molecule has 2 saturated heterocycles. The Kier molecular flexibility index (Phi) is 7.92. The molecule has 2 aromatic carbocycles. The fraction of sp³-hybridized carbons (Fsp3) is 0.303. The van der Waals surface area contributed by atoms with Gasteiger partial charge >= 0.3 is 5.97 Å². The van der Waals surface area contributed by atoms with Crippen molar-refractivity contribution in [2.45, 2.75) is 32.4 Å². The number of aromatic nitrogens is 1. The van der Waals surface area contributed by atoms with E-state index in [1.807, 2.05) is 48.5 Å². The first-order valence-corrected chi connectivity index (χ1v) is 14.9. The second kappa shape index (κ2) is 11.8. The molecule has 0 unspecified atom stereocenters. The number of benzene rings is 2. The van der Waals surface area contributed by atoms with Gasteiger partial charge in [-0.05, 0) is 85.1 Å². The minimum Gasteiger partial charge on any atom is -0.465 e. The summed E-state index contributed by atoms with van der Waals surface area (Å²) in [7, 11) is 1.37. The molecule has 216 valence electrons. The highest BCUT2D eigenvalue weighted by atomic mass is 35.5. The molecule has 1 N–H and O–H groups in total. The number of methoxy groups -OCH3 is 1. The number of furan rings is 1. The molecule has 4 aromatic rings. The molecule has 2 fully saturated rings. The number of carbonyl (C=O) groups is 1. The lowest BCUT2D eigenvalue weighted by molar-refractivity contribution is 0.0601. The maximum Gasteiger partial charge on any atom is 0.337 e. The first-order chi connectivity index (χ1) is 20.3. The van der Waals surface area contributed by atoms with Gasteiger partial charge in [-0.15, -0.1) is 0 Å². The zero-order valence-corrected chi connectivity index (χ0v) is 25.4. The van der Waals surface area contributed by atoms with Gasteiger partial charge in [-0.2, -0.15) is 0 Å². The topological polar surface area (TPSA) is 70.8 Å². The van der Waals surface area contributed by atoms with Crippen LogP contribution in [0.15, 0.2) is 83.4 Å². The summed E-state index contributed by atoms with van der Waals surface area (Å²) in [6, 6.07) is 22.5. The number of ether oxygens (including phenoxy) is 1. The van der Waals surface area contributed by atoms with Crippen molar-refractivity contribution in [1.82, 2.24) is 10.3 Å². The molecule has 0 bridgehead atoms. The molecule has 4 heterocycles. The number of pyridine rings is 1. The number of anilines is 2. The summed E-state index contributed by atoms with van der Waals surface area (Å²) in [6.45, 7) is 6.57. The second-order valence-electron chi connectivity index (χ2n) is 11.3. The molecule has 7 nitrogen and oxygen atoms in total. The molecule has 0 spiro atoms. The molecule has 2 aliphatic rings. The van der Waals surface area contributed by atoms with Crippen molar-refractivity contribution in [2.75, 3.05) is 30.0 Å². The Balaban J connectivity index is 1.38. The molecular weight excluding hydrogens is 568 g/mol. The van der Waals surface area contributed by atoms with Crippen LogP contribution in [0.25, 0.3) is 11.3 Å². The number of piperidine rings is 1. The number of esters is 1. The average Bonchev–Trinajstić information content (AvgIpc) is 3.61. The third-order valence-electron chi connectivity index (χ3n) is 8.00. The van der Waals surface area contributed by atoms with Gasteiger partial charge in [-0.25, -0.2) is 4.79 Å². The molecule has 0 amide bonds. The van der Waals surface area contributed by atoms with Gasteiger partial charge in [0.1, 0.15) is 17.6 Å². The van der Waals surface area contributed by atoms with Crippen LogP contribution in [-0.2, 0) is 4.74 Å². The van der Waals surface area contributed by atoms with Crippen LogP contribution in [0, 0.1) is 11.8 Å². The Morgan fingerprint density at radius 1 is 1.05 bits per heavy atom. The highest BCUT2D eigenvalue weighted by Crippen LogP contribution is 2.44. The van der Waals surface area contributed by atoms with Gasteiger partial charge in [0.15, 0.2) is 5.11 Å². The van der Waals surface area contributed by atoms with Crippen LogP contribution in [0.3, 0.4) is 0 Å². The highest BCUT2D eigenvalue weighted by Gasteiger charge is 2.43. The number of carbonyl (C=O) groups excluding carboxylic acids is 1. The molecule has 42 heavy (non-hydrogen) atoms. The molecule has 6 rings (SSSR count). The first-order valence-electron chi connectivity index (χ1n) is 14.2. The summed E-state index contributed by atoms with van der Waals surface area (Å²) in [4.78, 5) is 21.2. The van der Waals surface area contributed by atoms with E-state index in [0.717, 1.165) is 35.7 Å². The summed E-state index contributed by atoms with van der Waals surface area (Å²) >= 11 is 12.9. The summed E-state index contributed by atoms with van der Waals surface area (Å²) in [5, 5.41) is 4.73. The largest absolute Gasteiger partial charge is 0.465 e. The summed E-state index contributed by atoms with van der Waals surface area (Å²) in [6.07, 6.45) is 3.01. The van der Waals surface area contributed by atoms with E-state index in [1.165, 1.54) is 13.5 Å². The van der Waals surface area contributed by atoms with Crippen molar-refractivity contribution in [3.05, 3.63) is 101 Å². The van der Waals surface area contributed by atoms with E-state index in [0.29, 0.717) is 39.1 Å². The SMILES string of the molecule is COC(=O)c1cccc(-c2ccc([C@H]3[C@@H](c4ccccn4)NC(=S)N3c3ccc(N4C[C@H](C)C[C@H](C)C4)c(Cl)c3)o2)c1. The van der Waals surface area contributed by atoms with E-state index in [2.05, 4.69) is 46.1 Å². The van der Waals surface area contributed by atoms with Crippen LogP contribution in [0.1, 0.15) is 54.2 Å². The minimum atomic E-state index is -0.399. The fourth-order valence-electron chi connectivity index (χ4n) is 6.27. The predicted molar refractivity (Wildman–Crippen MR) is 170 cm³/mol. The number of halogens is 1. The van der Waals surface area contributed by atoms with E-state index in [4.69, 9.17) is 33.0 Å². The Morgan fingerprint density at radius 2 is 1.86 bits per heavy atom. The molecule has 0 radical (unpaired) electrons. The number of nitrogens with one attached hydrogen (secondary N) is 1. The molecule has 2 aromatic heterocycles. The monoisotopic (exact) mass is 600 g/mol. The van der Waals surface area contributed by atoms with Gasteiger partial charge in [0.05, 0.1) is 35.1 Å². The molecule has 0 aliphatic carbocycles. The van der Waals surface area contributed by atoms with Crippen molar-refractivity contribution < 1.29 is 13.9 Å². The lowest BCUT2D eigenvalue weighted by Gasteiger charge is -2.37. The van der Waals surface area contributed by atoms with Crippen molar-refractivity contribution in [3.8, 4) is 11.3 Å². The second-order valence-corrected chi connectivity index (χ2v) is 12.1. The van der Waals surface area contributed by atoms with Crippen LogP contribution < -0.4 is 15.1 Å². The van der Waals surface area contributed by atoms with Gasteiger partial charge in [0.25, 0.3) is 0 Å². The zero-order chi connectivity index (χ0) is 29.4. The van der Waals surface area contributed by atoms with Gasteiger partial charge in [-0.1, -0.05) is 43.6 Å². The zero-order valence-electron chi connectivity index (χ0n) is 23.8. The van der Waals surface area contributed by atoms with Crippen LogP contribution in [0.5, 0.6) is 0 Å². The fourth-order valence-corrected chi connectivity index (χ4v) is 6.91. The normalized spacial score (nSPS) is 22.2. The number of hydrogen-bond acceptors (Lipinski definition) is 6. The maximum atomic E-state index is 12.1. The maximum absolute atomic E-state index is 12.1. The summed E-state index contributed by atoms with van der Waals surface area (Å²) in [5.41, 5.74) is 3.98. The van der Waals surface area contributed by atoms with E-state index < -0.39 is 5.97 Å². The molecule has 4 atom stereocenters. The third kappa shape index (κ3) is 5.49. The minimum absolute atomic E-state index is 0.263. The lowest BCUT2D eigenvalue weighted by Crippen LogP contribution is -2.38. The van der Waals surface area contributed by atoms with E-state index in [-0.39, 0.29) is 12.1 Å². The van der Waals surface area contributed by atoms with Gasteiger partial charge < -0.3 is 24.3 Å². The van der Waals surface area contributed by atoms with E-state index >= 15 is 0 Å². The quantitative estimate of drug-likeness (QED) is 0.181. The number of hydrogen-bond donors (Lipinski definition) is 1. The first kappa shape index (κ1) is 28.2. The molecule has 9 heteroatoms. The Labute approximate surface area is 256 Å². The summed E-state index contributed by atoms with van der Waals surface area (Å²) < 4.78 is 11.4. The van der Waals surface area contributed by atoms with Crippen LogP contribution in [-0.4, -0.2) is 36.3 Å². The number of thiocarbonyl (C=S) groups is 1. The Bertz CT molecular complexity index is 1600. The van der Waals surface area contributed by atoms with Crippen LogP contribution >= 0.6 is 23.8 Å². The summed E-state index contributed by atoms with van der Waals surface area (Å²) in [5.74, 6) is 2.17. The van der Waals surface area contributed by atoms with E-state index in [9.17, 15) is 4.79 Å². The number of nitrogens with zero attached hydrogens (tertiary/aromatic N) is 3. The van der Waals surface area contributed by atoms with E-state index in [1.54, 1.807) is 18.3 Å². The van der Waals surface area contributed by atoms with Gasteiger partial charge in [0, 0.05) is 30.5 Å². The van der Waals surface area contributed by atoms with Crippen molar-refractivity contribution in [3.63, 3.8) is 0 Å². The third-order valence-corrected chi connectivity index (χ3v) is 8.62. The van der Waals surface area contributed by atoms with Crippen molar-refractivity contribution in [2.24, 2.45) is 11.8 Å². The average molecular weight is 601 g/mol. The number of rotatable bonds is 6. The smallest absolute Gasteiger partial charge is 0.337 e. The van der Waals surface area contributed by atoms with Gasteiger partial charge in [-0.3, -0.25) is 4.98 Å². The van der Waals surface area contributed by atoms with Crippen LogP contribution in [0.2, 0.25) is 5.02 Å². The molecule has 0 saturated carbocycles. The van der Waals surface area contributed by atoms with Crippen LogP contribution in [0.4, 0.5) is 11.4 Å². The molecular formula is C33H33ClN4O3S.